The molecule has 0 saturated carbocycles. The Balaban J connectivity index is 1.41. The number of hydrogen-bond acceptors (Lipinski definition) is 9. The van der Waals surface area contributed by atoms with E-state index in [9.17, 15) is 19.1 Å². The second-order valence-corrected chi connectivity index (χ2v) is 11.6. The molecule has 0 fully saturated rings. The Bertz CT molecular complexity index is 1870. The second kappa shape index (κ2) is 9.41. The van der Waals surface area contributed by atoms with Gasteiger partial charge in [-0.25, -0.2) is 29.0 Å². The van der Waals surface area contributed by atoms with E-state index < -0.39 is 16.8 Å². The minimum atomic E-state index is -1.28. The van der Waals surface area contributed by atoms with Crippen molar-refractivity contribution >= 4 is 45.9 Å². The molecule has 0 bridgehead atoms. The number of rotatable bonds is 7. The number of carboxylic acid groups (broad SMARTS) is 1. The van der Waals surface area contributed by atoms with Crippen molar-refractivity contribution in [3.63, 3.8) is 0 Å². The highest BCUT2D eigenvalue weighted by Crippen LogP contribution is 2.46. The van der Waals surface area contributed by atoms with Crippen molar-refractivity contribution in [3.8, 4) is 11.5 Å². The van der Waals surface area contributed by atoms with Crippen molar-refractivity contribution in [3.05, 3.63) is 75.6 Å². The summed E-state index contributed by atoms with van der Waals surface area (Å²) in [5.41, 5.74) is 6.48. The van der Waals surface area contributed by atoms with Crippen molar-refractivity contribution in [1.82, 2.24) is 29.7 Å². The maximum absolute atomic E-state index is 14.4. The van der Waals surface area contributed by atoms with Crippen LogP contribution in [0.4, 0.5) is 16.0 Å². The number of nitrogens with zero attached hydrogens (tertiary/aromatic N) is 6. The van der Waals surface area contributed by atoms with Crippen molar-refractivity contribution < 1.29 is 19.1 Å². The van der Waals surface area contributed by atoms with Gasteiger partial charge >= 0.3 is 5.97 Å². The van der Waals surface area contributed by atoms with Crippen molar-refractivity contribution in [2.45, 2.75) is 39.2 Å². The number of nitrogen functional groups attached to an aromatic ring is 1. The number of aliphatic carboxylic acids is 1. The summed E-state index contributed by atoms with van der Waals surface area (Å²) in [6, 6.07) is 10.0. The van der Waals surface area contributed by atoms with E-state index in [0.717, 1.165) is 0 Å². The number of anilines is 2. The van der Waals surface area contributed by atoms with Crippen LogP contribution in [0.2, 0.25) is 0 Å². The number of amides is 1. The maximum Gasteiger partial charge on any atom is 0.309 e. The zero-order valence-electron chi connectivity index (χ0n) is 22.3. The molecule has 1 amide bonds. The van der Waals surface area contributed by atoms with E-state index in [-0.39, 0.29) is 42.2 Å². The van der Waals surface area contributed by atoms with Gasteiger partial charge in [-0.05, 0) is 39.0 Å². The molecule has 0 unspecified atom stereocenters. The number of fused-ring (bicyclic) bond motifs is 2. The third-order valence-electron chi connectivity index (χ3n) is 7.30. The first-order chi connectivity index (χ1) is 19.5. The minimum Gasteiger partial charge on any atom is -0.481 e. The first kappa shape index (κ1) is 26.4. The first-order valence-corrected chi connectivity index (χ1v) is 13.6. The SMILES string of the molecule is CC(C)(Cc1csc([C@]2(C)C(=O)Nc3nc(-c4nn(Cc5ccccc5F)c5ncccc45)nc(N)c32)n1)C(=O)O. The molecule has 41 heavy (non-hydrogen) atoms. The highest BCUT2D eigenvalue weighted by Gasteiger charge is 2.50. The number of pyridine rings is 1. The molecule has 6 rings (SSSR count). The molecule has 0 spiro atoms. The molecule has 0 radical (unpaired) electrons. The number of halogens is 1. The van der Waals surface area contributed by atoms with Crippen LogP contribution in [0.25, 0.3) is 22.6 Å². The number of carboxylic acids is 1. The molecule has 1 aliphatic rings. The molecule has 1 aliphatic heterocycles. The van der Waals surface area contributed by atoms with Crippen LogP contribution in [-0.2, 0) is 28.0 Å². The van der Waals surface area contributed by atoms with Crippen molar-refractivity contribution in [2.24, 2.45) is 5.41 Å². The van der Waals surface area contributed by atoms with Gasteiger partial charge in [0.1, 0.15) is 33.6 Å². The van der Waals surface area contributed by atoms with Crippen LogP contribution in [0.3, 0.4) is 0 Å². The van der Waals surface area contributed by atoms with E-state index >= 15 is 0 Å². The molecule has 4 aromatic heterocycles. The number of carbonyl (C=O) groups excluding carboxylic acids is 1. The predicted molar refractivity (Wildman–Crippen MR) is 151 cm³/mol. The monoisotopic (exact) mass is 572 g/mol. The largest absolute Gasteiger partial charge is 0.481 e. The van der Waals surface area contributed by atoms with Gasteiger partial charge in [0.15, 0.2) is 11.5 Å². The zero-order chi connectivity index (χ0) is 29.1. The molecule has 5 aromatic rings. The summed E-state index contributed by atoms with van der Waals surface area (Å²) in [4.78, 5) is 43.2. The van der Waals surface area contributed by atoms with Crippen LogP contribution in [0, 0.1) is 11.2 Å². The average molecular weight is 573 g/mol. The third-order valence-corrected chi connectivity index (χ3v) is 8.41. The molecule has 4 N–H and O–H groups in total. The zero-order valence-corrected chi connectivity index (χ0v) is 23.2. The summed E-state index contributed by atoms with van der Waals surface area (Å²) in [5, 5.41) is 19.8. The normalized spacial score (nSPS) is 16.6. The molecule has 1 aromatic carbocycles. The van der Waals surface area contributed by atoms with E-state index in [0.29, 0.717) is 38.6 Å². The van der Waals surface area contributed by atoms with Gasteiger partial charge in [0.25, 0.3) is 0 Å². The third kappa shape index (κ3) is 4.29. The number of carbonyl (C=O) groups is 2. The summed E-state index contributed by atoms with van der Waals surface area (Å²) >= 11 is 1.25. The number of aromatic nitrogens is 6. The van der Waals surface area contributed by atoms with Gasteiger partial charge < -0.3 is 16.2 Å². The van der Waals surface area contributed by atoms with Gasteiger partial charge in [0.2, 0.25) is 5.91 Å². The van der Waals surface area contributed by atoms with E-state index in [2.05, 4.69) is 30.4 Å². The van der Waals surface area contributed by atoms with Crippen LogP contribution < -0.4 is 11.1 Å². The molecule has 11 nitrogen and oxygen atoms in total. The van der Waals surface area contributed by atoms with Gasteiger partial charge in [0.05, 0.1) is 28.6 Å². The Morgan fingerprint density at radius 1 is 1.20 bits per heavy atom. The van der Waals surface area contributed by atoms with E-state index in [1.807, 2.05) is 6.07 Å². The smallest absolute Gasteiger partial charge is 0.309 e. The van der Waals surface area contributed by atoms with Gasteiger partial charge in [-0.1, -0.05) is 18.2 Å². The Morgan fingerprint density at radius 3 is 2.73 bits per heavy atom. The Kier molecular flexibility index (Phi) is 6.07. The fourth-order valence-electron chi connectivity index (χ4n) is 4.94. The lowest BCUT2D eigenvalue weighted by Crippen LogP contribution is -2.33. The molecular weight excluding hydrogens is 547 g/mol. The average Bonchev–Trinajstić information content (AvgIpc) is 3.61. The summed E-state index contributed by atoms with van der Waals surface area (Å²) in [7, 11) is 0. The molecular formula is C28H25FN8O3S. The number of nitrogens with one attached hydrogen (secondary N) is 1. The molecule has 1 atom stereocenters. The van der Waals surface area contributed by atoms with E-state index in [1.54, 1.807) is 61.3 Å². The first-order valence-electron chi connectivity index (χ1n) is 12.7. The quantitative estimate of drug-likeness (QED) is 0.261. The predicted octanol–water partition coefficient (Wildman–Crippen LogP) is 4.03. The van der Waals surface area contributed by atoms with E-state index in [4.69, 9.17) is 5.73 Å². The van der Waals surface area contributed by atoms with Crippen LogP contribution in [0.15, 0.2) is 48.0 Å². The Morgan fingerprint density at radius 2 is 1.98 bits per heavy atom. The summed E-state index contributed by atoms with van der Waals surface area (Å²) < 4.78 is 16.0. The number of nitrogens with two attached hydrogens (primary N) is 1. The summed E-state index contributed by atoms with van der Waals surface area (Å²) in [6.07, 6.45) is 1.82. The highest BCUT2D eigenvalue weighted by molar-refractivity contribution is 7.10. The summed E-state index contributed by atoms with van der Waals surface area (Å²) in [6.45, 7) is 5.08. The highest BCUT2D eigenvalue weighted by atomic mass is 32.1. The van der Waals surface area contributed by atoms with Crippen LogP contribution >= 0.6 is 11.3 Å². The van der Waals surface area contributed by atoms with Gasteiger partial charge in [-0.15, -0.1) is 11.3 Å². The number of thiazole rings is 1. The second-order valence-electron chi connectivity index (χ2n) is 10.7. The molecule has 13 heteroatoms. The molecule has 5 heterocycles. The summed E-state index contributed by atoms with van der Waals surface area (Å²) in [5.74, 6) is -1.17. The van der Waals surface area contributed by atoms with Crippen molar-refractivity contribution in [1.29, 1.82) is 0 Å². The molecule has 0 saturated heterocycles. The lowest BCUT2D eigenvalue weighted by atomic mass is 9.85. The van der Waals surface area contributed by atoms with Crippen LogP contribution in [0.1, 0.15) is 42.6 Å². The minimum absolute atomic E-state index is 0.0779. The van der Waals surface area contributed by atoms with Crippen LogP contribution in [0.5, 0.6) is 0 Å². The molecule has 208 valence electrons. The molecule has 0 aliphatic carbocycles. The topological polar surface area (TPSA) is 162 Å². The van der Waals surface area contributed by atoms with Gasteiger partial charge in [0, 0.05) is 23.6 Å². The maximum atomic E-state index is 14.4. The fraction of sp³-hybridized carbons (Fsp3) is 0.250. The van der Waals surface area contributed by atoms with E-state index in [1.165, 1.54) is 17.4 Å². The van der Waals surface area contributed by atoms with Gasteiger partial charge in [-0.3, -0.25) is 9.59 Å². The lowest BCUT2D eigenvalue weighted by molar-refractivity contribution is -0.146. The van der Waals surface area contributed by atoms with Gasteiger partial charge in [-0.2, -0.15) is 5.10 Å². The van der Waals surface area contributed by atoms with Crippen LogP contribution in [-0.4, -0.2) is 46.7 Å². The number of benzene rings is 1. The standard InChI is InChI=1S/C28H25FN8O3S/c1-27(2,26(39)40)11-15-13-41-25(32-15)28(3)18-20(30)33-22(34-21(18)35-24(28)38)19-16-8-6-10-31-23(16)37(36-19)12-14-7-4-5-9-17(14)29/h4-10,13H,11-12H2,1-3H3,(H,39,40)(H3,30,33,34,35,38)/t28-/m0/s1. The fourth-order valence-corrected chi connectivity index (χ4v) is 5.92. The van der Waals surface area contributed by atoms with Crippen molar-refractivity contribution in [2.75, 3.05) is 11.1 Å². The number of hydrogen-bond donors (Lipinski definition) is 3. The Labute approximate surface area is 237 Å². The lowest BCUT2D eigenvalue weighted by Gasteiger charge is -2.20. The Hall–Kier alpha value is -4.78.